The van der Waals surface area contributed by atoms with Gasteiger partial charge in [0.25, 0.3) is 5.91 Å². The van der Waals surface area contributed by atoms with Crippen molar-refractivity contribution in [3.63, 3.8) is 0 Å². The second kappa shape index (κ2) is 8.54. The highest BCUT2D eigenvalue weighted by atomic mass is 79.9. The normalized spacial score (nSPS) is 11.4. The van der Waals surface area contributed by atoms with Crippen molar-refractivity contribution in [1.29, 1.82) is 0 Å². The Labute approximate surface area is 173 Å². The van der Waals surface area contributed by atoms with Gasteiger partial charge in [0.15, 0.2) is 6.61 Å². The van der Waals surface area contributed by atoms with Crippen LogP contribution in [0.5, 0.6) is 5.75 Å². The van der Waals surface area contributed by atoms with E-state index in [-0.39, 0.29) is 12.5 Å². The fourth-order valence-corrected chi connectivity index (χ4v) is 3.49. The molecule has 3 N–H and O–H groups in total. The predicted molar refractivity (Wildman–Crippen MR) is 116 cm³/mol. The first-order chi connectivity index (χ1) is 12.9. The molecule has 0 aliphatic heterocycles. The van der Waals surface area contributed by atoms with Crippen LogP contribution in [-0.4, -0.2) is 18.2 Å². The topological polar surface area (TPSA) is 76.7 Å². The quantitative estimate of drug-likeness (QED) is 0.304. The van der Waals surface area contributed by atoms with E-state index in [0.717, 1.165) is 25.3 Å². The molecule has 0 atom stereocenters. The summed E-state index contributed by atoms with van der Waals surface area (Å²) in [4.78, 5) is 12.0. The Bertz CT molecular complexity index is 1030. The van der Waals surface area contributed by atoms with Crippen molar-refractivity contribution < 1.29 is 9.53 Å². The van der Waals surface area contributed by atoms with Gasteiger partial charge in [-0.1, -0.05) is 40.2 Å². The summed E-state index contributed by atoms with van der Waals surface area (Å²) >= 11 is 7.00. The Balaban J connectivity index is 1.64. The SMILES string of the molecule is CC(=NNC(=O)COc1ccc2cc(Br)ccc2c1Br)c1cccc(N)c1. The molecule has 3 aromatic rings. The van der Waals surface area contributed by atoms with Gasteiger partial charge in [-0.2, -0.15) is 5.10 Å². The monoisotopic (exact) mass is 489 g/mol. The standard InChI is InChI=1S/C20H17Br2N3O2/c1-12(13-3-2-4-16(23)10-13)24-25-19(26)11-27-18-8-5-14-9-15(21)6-7-17(14)20(18)22/h2-10H,11,23H2,1H3,(H,25,26). The van der Waals surface area contributed by atoms with Crippen molar-refractivity contribution in [2.45, 2.75) is 6.92 Å². The Morgan fingerprint density at radius 3 is 2.74 bits per heavy atom. The van der Waals surface area contributed by atoms with E-state index in [9.17, 15) is 4.79 Å². The number of halogens is 2. The third kappa shape index (κ3) is 4.87. The van der Waals surface area contributed by atoms with Crippen molar-refractivity contribution in [2.75, 3.05) is 12.3 Å². The summed E-state index contributed by atoms with van der Waals surface area (Å²) in [5, 5.41) is 6.17. The van der Waals surface area contributed by atoms with Gasteiger partial charge in [-0.3, -0.25) is 4.79 Å². The minimum atomic E-state index is -0.346. The maximum absolute atomic E-state index is 12.0. The summed E-state index contributed by atoms with van der Waals surface area (Å²) in [6, 6.07) is 17.0. The molecule has 0 spiro atoms. The summed E-state index contributed by atoms with van der Waals surface area (Å²) in [7, 11) is 0. The highest BCUT2D eigenvalue weighted by Gasteiger charge is 2.09. The molecule has 0 aliphatic rings. The van der Waals surface area contributed by atoms with E-state index in [0.29, 0.717) is 17.1 Å². The number of nitrogens with one attached hydrogen (secondary N) is 1. The van der Waals surface area contributed by atoms with E-state index < -0.39 is 0 Å². The van der Waals surface area contributed by atoms with Crippen LogP contribution in [-0.2, 0) is 4.79 Å². The Kier molecular flexibility index (Phi) is 6.13. The number of hydrazone groups is 1. The molecule has 3 rings (SSSR count). The van der Waals surface area contributed by atoms with E-state index in [1.165, 1.54) is 0 Å². The van der Waals surface area contributed by atoms with Crippen LogP contribution in [0, 0.1) is 0 Å². The van der Waals surface area contributed by atoms with Gasteiger partial charge in [0.2, 0.25) is 0 Å². The van der Waals surface area contributed by atoms with Crippen molar-refractivity contribution in [3.05, 3.63) is 69.1 Å². The summed E-state index contributed by atoms with van der Waals surface area (Å²) in [6.45, 7) is 1.66. The molecule has 0 unspecified atom stereocenters. The van der Waals surface area contributed by atoms with Crippen LogP contribution in [0.25, 0.3) is 10.8 Å². The summed E-state index contributed by atoms with van der Waals surface area (Å²) in [5.74, 6) is 0.248. The van der Waals surface area contributed by atoms with Crippen molar-refractivity contribution in [3.8, 4) is 5.75 Å². The van der Waals surface area contributed by atoms with Gasteiger partial charge in [-0.05, 0) is 69.5 Å². The number of carbonyl (C=O) groups is 1. The van der Waals surface area contributed by atoms with Gasteiger partial charge in [0, 0.05) is 10.2 Å². The molecule has 138 valence electrons. The summed E-state index contributed by atoms with van der Waals surface area (Å²) < 4.78 is 7.44. The number of anilines is 1. The van der Waals surface area contributed by atoms with Crippen LogP contribution in [0.3, 0.4) is 0 Å². The summed E-state index contributed by atoms with van der Waals surface area (Å²) in [6.07, 6.45) is 0. The van der Waals surface area contributed by atoms with Crippen molar-refractivity contribution in [2.24, 2.45) is 5.10 Å². The molecule has 0 aromatic heterocycles. The van der Waals surface area contributed by atoms with Crippen LogP contribution in [0.1, 0.15) is 12.5 Å². The fourth-order valence-electron chi connectivity index (χ4n) is 2.50. The lowest BCUT2D eigenvalue weighted by atomic mass is 10.1. The fraction of sp³-hybridized carbons (Fsp3) is 0.100. The van der Waals surface area contributed by atoms with Gasteiger partial charge in [0.1, 0.15) is 5.75 Å². The zero-order valence-electron chi connectivity index (χ0n) is 14.5. The third-order valence-electron chi connectivity index (χ3n) is 3.89. The number of carbonyl (C=O) groups excluding carboxylic acids is 1. The lowest BCUT2D eigenvalue weighted by Crippen LogP contribution is -2.25. The first-order valence-electron chi connectivity index (χ1n) is 8.13. The number of hydrogen-bond acceptors (Lipinski definition) is 4. The highest BCUT2D eigenvalue weighted by molar-refractivity contribution is 9.11. The predicted octanol–water partition coefficient (Wildman–Crippen LogP) is 4.87. The first kappa shape index (κ1) is 19.4. The van der Waals surface area contributed by atoms with E-state index in [1.54, 1.807) is 19.1 Å². The van der Waals surface area contributed by atoms with Crippen molar-refractivity contribution >= 4 is 59.9 Å². The smallest absolute Gasteiger partial charge is 0.277 e. The second-order valence-corrected chi connectivity index (χ2v) is 7.60. The number of ether oxygens (including phenoxy) is 1. The number of hydrogen-bond donors (Lipinski definition) is 2. The molecule has 0 fully saturated rings. The van der Waals surface area contributed by atoms with Gasteiger partial charge in [0.05, 0.1) is 10.2 Å². The minimum Gasteiger partial charge on any atom is -0.483 e. The van der Waals surface area contributed by atoms with Gasteiger partial charge in [-0.15, -0.1) is 0 Å². The van der Waals surface area contributed by atoms with Gasteiger partial charge in [-0.25, -0.2) is 5.43 Å². The lowest BCUT2D eigenvalue weighted by Gasteiger charge is -2.10. The zero-order valence-corrected chi connectivity index (χ0v) is 17.7. The van der Waals surface area contributed by atoms with E-state index in [2.05, 4.69) is 42.4 Å². The van der Waals surface area contributed by atoms with E-state index in [4.69, 9.17) is 10.5 Å². The third-order valence-corrected chi connectivity index (χ3v) is 5.20. The second-order valence-electron chi connectivity index (χ2n) is 5.89. The zero-order chi connectivity index (χ0) is 19.4. The number of amides is 1. The van der Waals surface area contributed by atoms with Crippen LogP contribution in [0.15, 0.2) is 68.6 Å². The first-order valence-corrected chi connectivity index (χ1v) is 9.72. The van der Waals surface area contributed by atoms with Gasteiger partial charge >= 0.3 is 0 Å². The molecule has 0 saturated carbocycles. The Hall–Kier alpha value is -2.38. The van der Waals surface area contributed by atoms with Crippen LogP contribution < -0.4 is 15.9 Å². The molecule has 0 heterocycles. The largest absolute Gasteiger partial charge is 0.483 e. The molecule has 27 heavy (non-hydrogen) atoms. The molecule has 1 amide bonds. The number of benzene rings is 3. The molecular weight excluding hydrogens is 474 g/mol. The average Bonchev–Trinajstić information content (AvgIpc) is 2.65. The molecule has 7 heteroatoms. The molecule has 0 aliphatic carbocycles. The number of nitrogens with zero attached hydrogens (tertiary/aromatic N) is 1. The average molecular weight is 491 g/mol. The molecule has 0 radical (unpaired) electrons. The Morgan fingerprint density at radius 2 is 1.96 bits per heavy atom. The molecule has 0 bridgehead atoms. The van der Waals surface area contributed by atoms with Gasteiger partial charge < -0.3 is 10.5 Å². The lowest BCUT2D eigenvalue weighted by molar-refractivity contribution is -0.123. The number of rotatable bonds is 5. The maximum Gasteiger partial charge on any atom is 0.277 e. The van der Waals surface area contributed by atoms with E-state index in [1.807, 2.05) is 42.5 Å². The summed E-state index contributed by atoms with van der Waals surface area (Å²) in [5.41, 5.74) is 10.4. The number of nitrogen functional groups attached to an aromatic ring is 1. The minimum absolute atomic E-state index is 0.145. The van der Waals surface area contributed by atoms with E-state index >= 15 is 0 Å². The maximum atomic E-state index is 12.0. The molecular formula is C20H17Br2N3O2. The Morgan fingerprint density at radius 1 is 1.15 bits per heavy atom. The highest BCUT2D eigenvalue weighted by Crippen LogP contribution is 2.34. The number of nitrogens with two attached hydrogens (primary N) is 1. The van der Waals surface area contributed by atoms with Crippen LogP contribution in [0.2, 0.25) is 0 Å². The molecule has 5 nitrogen and oxygen atoms in total. The van der Waals surface area contributed by atoms with Crippen LogP contribution >= 0.6 is 31.9 Å². The number of fused-ring (bicyclic) bond motifs is 1. The van der Waals surface area contributed by atoms with Crippen LogP contribution in [0.4, 0.5) is 5.69 Å². The van der Waals surface area contributed by atoms with Crippen molar-refractivity contribution in [1.82, 2.24) is 5.43 Å². The molecule has 3 aromatic carbocycles. The molecule has 0 saturated heterocycles.